The molecular weight excluding hydrogens is 394 g/mol. The first kappa shape index (κ1) is 20.0. The molecule has 0 bridgehead atoms. The van der Waals surface area contributed by atoms with E-state index in [1.54, 1.807) is 16.7 Å². The van der Waals surface area contributed by atoms with Crippen LogP contribution in [0.1, 0.15) is 16.7 Å². The van der Waals surface area contributed by atoms with Gasteiger partial charge in [-0.25, -0.2) is 0 Å². The third kappa shape index (κ3) is 3.89. The van der Waals surface area contributed by atoms with Crippen LogP contribution in [0, 0.1) is 13.8 Å². The van der Waals surface area contributed by atoms with Gasteiger partial charge in [0, 0.05) is 34.7 Å². The lowest BCUT2D eigenvalue weighted by atomic mass is 10.1. The van der Waals surface area contributed by atoms with Gasteiger partial charge in [-0.2, -0.15) is 0 Å². The van der Waals surface area contributed by atoms with Crippen molar-refractivity contribution in [2.45, 2.75) is 18.7 Å². The Bertz CT molecular complexity index is 1050. The molecule has 2 aromatic carbocycles. The first-order chi connectivity index (χ1) is 14.5. The van der Waals surface area contributed by atoms with Crippen LogP contribution in [0.25, 0.3) is 5.70 Å². The zero-order valence-corrected chi connectivity index (χ0v) is 18.1. The van der Waals surface area contributed by atoms with E-state index in [-0.39, 0.29) is 12.5 Å². The molecule has 0 saturated heterocycles. The monoisotopic (exact) mass is 419 g/mol. The lowest BCUT2D eigenvalue weighted by Crippen LogP contribution is -2.32. The number of carbonyl (C=O) groups excluding carboxylic acids is 1. The van der Waals surface area contributed by atoms with Crippen LogP contribution in [-0.2, 0) is 4.79 Å². The first-order valence-electron chi connectivity index (χ1n) is 9.68. The van der Waals surface area contributed by atoms with Crippen molar-refractivity contribution in [1.29, 1.82) is 0 Å². The van der Waals surface area contributed by atoms with Crippen molar-refractivity contribution in [2.24, 2.45) is 5.73 Å². The molecule has 4 N–H and O–H groups in total. The number of hydrogen-bond donors (Lipinski definition) is 3. The summed E-state index contributed by atoms with van der Waals surface area (Å²) in [7, 11) is 0. The van der Waals surface area contributed by atoms with Crippen molar-refractivity contribution in [3.8, 4) is 0 Å². The van der Waals surface area contributed by atoms with Gasteiger partial charge in [-0.3, -0.25) is 9.69 Å². The van der Waals surface area contributed by atoms with E-state index < -0.39 is 0 Å². The minimum atomic E-state index is -0.377. The summed E-state index contributed by atoms with van der Waals surface area (Å²) in [5.74, 6) is 1.42. The number of nitrogens with two attached hydrogens (primary N) is 1. The predicted octanol–water partition coefficient (Wildman–Crippen LogP) is 3.74. The molecule has 1 amide bonds. The molecule has 0 spiro atoms. The van der Waals surface area contributed by atoms with Gasteiger partial charge in [0.05, 0.1) is 5.70 Å². The first-order valence-corrected chi connectivity index (χ1v) is 10.9. The zero-order chi connectivity index (χ0) is 21.3. The van der Waals surface area contributed by atoms with Gasteiger partial charge >= 0.3 is 0 Å². The third-order valence-electron chi connectivity index (χ3n) is 5.13. The van der Waals surface area contributed by atoms with Crippen molar-refractivity contribution >= 4 is 29.1 Å². The second-order valence-corrected chi connectivity index (χ2v) is 8.17. The Hall–Kier alpha value is -3.32. The fraction of sp³-hybridized carbons (Fsp3) is 0.174. The van der Waals surface area contributed by atoms with Crippen molar-refractivity contribution in [3.05, 3.63) is 89.4 Å². The second kappa shape index (κ2) is 8.20. The summed E-state index contributed by atoms with van der Waals surface area (Å²) < 4.78 is 0. The molecule has 0 aromatic heterocycles. The highest BCUT2D eigenvalue weighted by molar-refractivity contribution is 7.98. The van der Waals surface area contributed by atoms with E-state index in [4.69, 9.17) is 5.73 Å². The lowest BCUT2D eigenvalue weighted by molar-refractivity contribution is -0.118. The van der Waals surface area contributed by atoms with Crippen LogP contribution in [0.15, 0.2) is 77.6 Å². The molecule has 2 aliphatic heterocycles. The second-order valence-electron chi connectivity index (χ2n) is 7.29. The highest BCUT2D eigenvalue weighted by Crippen LogP contribution is 2.34. The number of nitrogens with one attached hydrogen (secondary N) is 2. The van der Waals surface area contributed by atoms with Gasteiger partial charge in [0.15, 0.2) is 0 Å². The van der Waals surface area contributed by atoms with Gasteiger partial charge in [0.25, 0.3) is 0 Å². The van der Waals surface area contributed by atoms with Gasteiger partial charge in [-0.1, -0.05) is 30.3 Å². The normalized spacial score (nSPS) is 15.1. The van der Waals surface area contributed by atoms with Gasteiger partial charge in [0.1, 0.15) is 18.2 Å². The number of aryl methyl sites for hydroxylation is 2. The Labute approximate surface area is 181 Å². The van der Waals surface area contributed by atoms with Gasteiger partial charge in [0.2, 0.25) is 5.91 Å². The number of fused-ring (bicyclic) bond motifs is 1. The van der Waals surface area contributed by atoms with E-state index in [1.807, 2.05) is 18.6 Å². The quantitative estimate of drug-likeness (QED) is 0.620. The van der Waals surface area contributed by atoms with E-state index in [1.165, 1.54) is 16.0 Å². The minimum absolute atomic E-state index is 0.132. The molecule has 6 nitrogen and oxygen atoms in total. The van der Waals surface area contributed by atoms with Crippen LogP contribution < -0.4 is 16.4 Å². The smallest absolute Gasteiger partial charge is 0.237 e. The van der Waals surface area contributed by atoms with Crippen LogP contribution in [0.2, 0.25) is 0 Å². The van der Waals surface area contributed by atoms with E-state index in [9.17, 15) is 4.79 Å². The topological polar surface area (TPSA) is 73.6 Å². The van der Waals surface area contributed by atoms with Crippen LogP contribution in [0.4, 0.5) is 5.69 Å². The molecule has 0 unspecified atom stereocenters. The van der Waals surface area contributed by atoms with E-state index in [0.717, 1.165) is 28.6 Å². The highest BCUT2D eigenvalue weighted by Gasteiger charge is 2.30. The highest BCUT2D eigenvalue weighted by atomic mass is 32.2. The summed E-state index contributed by atoms with van der Waals surface area (Å²) in [6, 6.07) is 14.7. The average Bonchev–Trinajstić information content (AvgIpc) is 3.08. The number of amides is 1. The van der Waals surface area contributed by atoms with Crippen molar-refractivity contribution in [1.82, 2.24) is 15.1 Å². The molecule has 7 heteroatoms. The number of carbonyl (C=O) groups is 1. The molecule has 2 aliphatic rings. The number of anilines is 1. The van der Waals surface area contributed by atoms with Crippen LogP contribution in [0.5, 0.6) is 0 Å². The van der Waals surface area contributed by atoms with Crippen LogP contribution in [-0.4, -0.2) is 28.5 Å². The Morgan fingerprint density at radius 2 is 1.80 bits per heavy atom. The summed E-state index contributed by atoms with van der Waals surface area (Å²) in [6.07, 6.45) is 7.74. The maximum Gasteiger partial charge on any atom is 0.237 e. The molecule has 0 fully saturated rings. The lowest BCUT2D eigenvalue weighted by Gasteiger charge is -2.27. The Balaban J connectivity index is 1.75. The molecule has 4 rings (SSSR count). The molecule has 0 aliphatic carbocycles. The SMILES string of the molecule is CSc1ccc(C2=C(Nc3c(C)cccc3C)N3C=CN(CC(N)=O)C=C3N2)cc1. The summed E-state index contributed by atoms with van der Waals surface area (Å²) in [4.78, 5) is 16.4. The largest absolute Gasteiger partial charge is 0.368 e. The van der Waals surface area contributed by atoms with Crippen LogP contribution in [0.3, 0.4) is 0 Å². The van der Waals surface area contributed by atoms with Gasteiger partial charge < -0.3 is 21.3 Å². The molecule has 2 heterocycles. The maximum atomic E-state index is 11.3. The molecule has 154 valence electrons. The van der Waals surface area contributed by atoms with E-state index >= 15 is 0 Å². The Morgan fingerprint density at radius 3 is 2.43 bits per heavy atom. The summed E-state index contributed by atoms with van der Waals surface area (Å²) in [6.45, 7) is 4.33. The number of primary amides is 1. The fourth-order valence-corrected chi connectivity index (χ4v) is 4.00. The third-order valence-corrected chi connectivity index (χ3v) is 5.87. The number of hydrogen-bond acceptors (Lipinski definition) is 6. The van der Waals surface area contributed by atoms with Crippen molar-refractivity contribution < 1.29 is 4.79 Å². The molecule has 0 radical (unpaired) electrons. The maximum absolute atomic E-state index is 11.3. The van der Waals surface area contributed by atoms with Gasteiger partial charge in [-0.05, 0) is 43.4 Å². The summed E-state index contributed by atoms with van der Waals surface area (Å²) in [5, 5.41) is 7.16. The molecule has 30 heavy (non-hydrogen) atoms. The standard InChI is InChI=1S/C23H25N5OS/c1-15-5-4-6-16(2)21(15)26-23-22(17-7-9-18(30-3)10-8-17)25-20-14-27(13-19(24)29)11-12-28(20)23/h4-12,14,25-26H,13H2,1-3H3,(H2,24,29). The Kier molecular flexibility index (Phi) is 5.46. The number of benzene rings is 2. The molecule has 2 aromatic rings. The van der Waals surface area contributed by atoms with E-state index in [2.05, 4.69) is 78.1 Å². The number of nitrogens with zero attached hydrogens (tertiary/aromatic N) is 2. The van der Waals surface area contributed by atoms with Crippen molar-refractivity contribution in [2.75, 3.05) is 18.1 Å². The Morgan fingerprint density at radius 1 is 1.10 bits per heavy atom. The number of thioether (sulfide) groups is 1. The number of para-hydroxylation sites is 1. The predicted molar refractivity (Wildman–Crippen MR) is 123 cm³/mol. The van der Waals surface area contributed by atoms with Crippen molar-refractivity contribution in [3.63, 3.8) is 0 Å². The number of rotatable bonds is 6. The molecule has 0 saturated carbocycles. The molecule has 0 atom stereocenters. The summed E-state index contributed by atoms with van der Waals surface area (Å²) >= 11 is 1.72. The molecular formula is C23H25N5OS. The fourth-order valence-electron chi connectivity index (χ4n) is 3.59. The van der Waals surface area contributed by atoms with E-state index in [0.29, 0.717) is 0 Å². The summed E-state index contributed by atoms with van der Waals surface area (Å²) in [5.41, 5.74) is 10.8. The van der Waals surface area contributed by atoms with Crippen LogP contribution >= 0.6 is 11.8 Å². The minimum Gasteiger partial charge on any atom is -0.368 e. The average molecular weight is 420 g/mol. The zero-order valence-electron chi connectivity index (χ0n) is 17.3. The van der Waals surface area contributed by atoms with Gasteiger partial charge in [-0.15, -0.1) is 11.8 Å².